The molecular formula is C26H38N6O6. The molecule has 0 aliphatic heterocycles. The first kappa shape index (κ1) is 31.7. The molecule has 0 saturated heterocycles. The maximum Gasteiger partial charge on any atom is 0.328 e. The van der Waals surface area contributed by atoms with Gasteiger partial charge in [-0.15, -0.1) is 6.58 Å². The highest BCUT2D eigenvalue weighted by Crippen LogP contribution is 2.14. The standard InChI is InChI=1S/C26H38N6O6/c1-5-8-21(25(36)37-4)32-23(34)20(9-7-14-29-26(27)28)31-24(35)22(30-17(3)33)16-18-10-12-19(13-11-18)38-15-6-2/h5-6,10-13,20-22H,1-2,7-9,14-16H2,3-4H3,(H,30,33)(H,31,35)(H,32,34)(H4,27,28,29)/t20-,21+,22+/m1/s1. The lowest BCUT2D eigenvalue weighted by molar-refractivity contribution is -0.145. The highest BCUT2D eigenvalue weighted by atomic mass is 16.5. The molecule has 1 aromatic rings. The van der Waals surface area contributed by atoms with Crippen molar-refractivity contribution in [1.82, 2.24) is 16.0 Å². The number of guanidine groups is 1. The van der Waals surface area contributed by atoms with Crippen molar-refractivity contribution in [3.8, 4) is 5.75 Å². The van der Waals surface area contributed by atoms with Crippen molar-refractivity contribution in [3.63, 3.8) is 0 Å². The van der Waals surface area contributed by atoms with Crippen LogP contribution in [0.4, 0.5) is 0 Å². The Labute approximate surface area is 222 Å². The predicted octanol–water partition coefficient (Wildman–Crippen LogP) is 0.0709. The number of ether oxygens (including phenoxy) is 2. The molecule has 7 N–H and O–H groups in total. The van der Waals surface area contributed by atoms with Crippen LogP contribution in [0.5, 0.6) is 5.75 Å². The average molecular weight is 531 g/mol. The second-order valence-electron chi connectivity index (χ2n) is 8.32. The first-order chi connectivity index (χ1) is 18.1. The van der Waals surface area contributed by atoms with Gasteiger partial charge in [-0.2, -0.15) is 0 Å². The lowest BCUT2D eigenvalue weighted by Crippen LogP contribution is -2.56. The van der Waals surface area contributed by atoms with Crippen LogP contribution in [0.15, 0.2) is 54.6 Å². The Bertz CT molecular complexity index is 990. The van der Waals surface area contributed by atoms with E-state index < -0.39 is 41.8 Å². The third kappa shape index (κ3) is 12.1. The number of esters is 1. The van der Waals surface area contributed by atoms with Crippen LogP contribution in [0.3, 0.4) is 0 Å². The lowest BCUT2D eigenvalue weighted by Gasteiger charge is -2.24. The van der Waals surface area contributed by atoms with E-state index in [-0.39, 0.29) is 31.8 Å². The lowest BCUT2D eigenvalue weighted by atomic mass is 10.0. The summed E-state index contributed by atoms with van der Waals surface area (Å²) in [6.07, 6.45) is 3.91. The van der Waals surface area contributed by atoms with E-state index in [2.05, 4.69) is 34.1 Å². The molecule has 0 radical (unpaired) electrons. The number of methoxy groups -OCH3 is 1. The molecule has 0 fully saturated rings. The number of nitrogens with zero attached hydrogens (tertiary/aromatic N) is 1. The van der Waals surface area contributed by atoms with Gasteiger partial charge in [-0.1, -0.05) is 30.9 Å². The quantitative estimate of drug-likeness (QED) is 0.0615. The van der Waals surface area contributed by atoms with E-state index in [0.717, 1.165) is 5.56 Å². The molecule has 1 rings (SSSR count). The number of hydrogen-bond donors (Lipinski definition) is 5. The maximum atomic E-state index is 13.2. The molecule has 0 aromatic heterocycles. The first-order valence-corrected chi connectivity index (χ1v) is 12.1. The van der Waals surface area contributed by atoms with E-state index >= 15 is 0 Å². The van der Waals surface area contributed by atoms with Gasteiger partial charge < -0.3 is 36.9 Å². The van der Waals surface area contributed by atoms with Crippen LogP contribution >= 0.6 is 0 Å². The third-order valence-corrected chi connectivity index (χ3v) is 5.21. The van der Waals surface area contributed by atoms with Gasteiger partial charge in [0.1, 0.15) is 30.5 Å². The molecule has 0 bridgehead atoms. The van der Waals surface area contributed by atoms with Gasteiger partial charge in [-0.05, 0) is 37.0 Å². The number of aliphatic imine (C=N–C) groups is 1. The number of rotatable bonds is 17. The van der Waals surface area contributed by atoms with E-state index in [1.165, 1.54) is 20.1 Å². The van der Waals surface area contributed by atoms with E-state index in [9.17, 15) is 19.2 Å². The zero-order valence-corrected chi connectivity index (χ0v) is 21.9. The summed E-state index contributed by atoms with van der Waals surface area (Å²) < 4.78 is 10.2. The number of nitrogens with two attached hydrogens (primary N) is 2. The number of benzene rings is 1. The van der Waals surface area contributed by atoms with Crippen LogP contribution in [0.2, 0.25) is 0 Å². The van der Waals surface area contributed by atoms with E-state index in [0.29, 0.717) is 18.8 Å². The minimum Gasteiger partial charge on any atom is -0.490 e. The van der Waals surface area contributed by atoms with Crippen LogP contribution < -0.4 is 32.2 Å². The zero-order valence-electron chi connectivity index (χ0n) is 21.9. The third-order valence-electron chi connectivity index (χ3n) is 5.21. The summed E-state index contributed by atoms with van der Waals surface area (Å²) in [6.45, 7) is 9.06. The molecule has 1 aromatic carbocycles. The normalized spacial score (nSPS) is 12.6. The molecule has 3 atom stereocenters. The van der Waals surface area contributed by atoms with Gasteiger partial charge >= 0.3 is 5.97 Å². The summed E-state index contributed by atoms with van der Waals surface area (Å²) in [6, 6.07) is 4.05. The Morgan fingerprint density at radius 2 is 1.61 bits per heavy atom. The van der Waals surface area contributed by atoms with Gasteiger partial charge in [0.25, 0.3) is 0 Å². The Morgan fingerprint density at radius 3 is 2.16 bits per heavy atom. The molecule has 0 heterocycles. The molecule has 0 saturated carbocycles. The van der Waals surface area contributed by atoms with Crippen molar-refractivity contribution in [2.75, 3.05) is 20.3 Å². The van der Waals surface area contributed by atoms with Crippen LogP contribution in [0.1, 0.15) is 31.7 Å². The van der Waals surface area contributed by atoms with Crippen molar-refractivity contribution in [3.05, 3.63) is 55.1 Å². The smallest absolute Gasteiger partial charge is 0.328 e. The van der Waals surface area contributed by atoms with Crippen LogP contribution in [-0.2, 0) is 30.3 Å². The van der Waals surface area contributed by atoms with Crippen LogP contribution in [-0.4, -0.2) is 68.0 Å². The van der Waals surface area contributed by atoms with Gasteiger partial charge in [0.2, 0.25) is 17.7 Å². The van der Waals surface area contributed by atoms with E-state index in [1.807, 2.05) is 0 Å². The van der Waals surface area contributed by atoms with Crippen molar-refractivity contribution >= 4 is 29.7 Å². The van der Waals surface area contributed by atoms with E-state index in [4.69, 9.17) is 20.9 Å². The minimum absolute atomic E-state index is 0.0987. The maximum absolute atomic E-state index is 13.2. The van der Waals surface area contributed by atoms with Crippen molar-refractivity contribution in [2.24, 2.45) is 16.5 Å². The average Bonchev–Trinajstić information content (AvgIpc) is 2.88. The van der Waals surface area contributed by atoms with Crippen LogP contribution in [0.25, 0.3) is 0 Å². The fourth-order valence-corrected chi connectivity index (χ4v) is 3.41. The number of nitrogens with one attached hydrogen (secondary N) is 3. The van der Waals surface area contributed by atoms with Crippen molar-refractivity contribution in [2.45, 2.75) is 50.7 Å². The fraction of sp³-hybridized carbons (Fsp3) is 0.423. The molecule has 0 spiro atoms. The number of hydrogen-bond acceptors (Lipinski definition) is 7. The van der Waals surface area contributed by atoms with Crippen molar-refractivity contribution < 1.29 is 28.7 Å². The number of amides is 3. The molecule has 0 aliphatic rings. The minimum atomic E-state index is -1.04. The molecule has 208 valence electrons. The first-order valence-electron chi connectivity index (χ1n) is 12.1. The van der Waals surface area contributed by atoms with Crippen LogP contribution in [0, 0.1) is 0 Å². The SMILES string of the molecule is C=CCOc1ccc(C[C@H](NC(C)=O)C(=O)N[C@H](CCCN=C(N)N)C(=O)N[C@@H](CC=C)C(=O)OC)cc1. The summed E-state index contributed by atoms with van der Waals surface area (Å²) in [5.74, 6) is -1.72. The molecule has 38 heavy (non-hydrogen) atoms. The molecular weight excluding hydrogens is 492 g/mol. The van der Waals surface area contributed by atoms with Crippen molar-refractivity contribution in [1.29, 1.82) is 0 Å². The Kier molecular flexibility index (Phi) is 14.3. The summed E-state index contributed by atoms with van der Waals surface area (Å²) in [5.41, 5.74) is 11.5. The number of carbonyl (C=O) groups is 4. The summed E-state index contributed by atoms with van der Waals surface area (Å²) in [5, 5.41) is 7.89. The second kappa shape index (κ2) is 17.2. The molecule has 12 heteroatoms. The predicted molar refractivity (Wildman–Crippen MR) is 144 cm³/mol. The zero-order chi connectivity index (χ0) is 28.5. The van der Waals surface area contributed by atoms with Gasteiger partial charge in [0, 0.05) is 19.9 Å². The second-order valence-corrected chi connectivity index (χ2v) is 8.32. The van der Waals surface area contributed by atoms with Gasteiger partial charge in [-0.25, -0.2) is 4.79 Å². The van der Waals surface area contributed by atoms with Gasteiger partial charge in [0.05, 0.1) is 7.11 Å². The molecule has 0 aliphatic carbocycles. The fourth-order valence-electron chi connectivity index (χ4n) is 3.41. The van der Waals surface area contributed by atoms with Gasteiger partial charge in [0.15, 0.2) is 5.96 Å². The Hall–Kier alpha value is -4.35. The Balaban J connectivity index is 3.06. The van der Waals surface area contributed by atoms with E-state index in [1.54, 1.807) is 30.3 Å². The molecule has 12 nitrogen and oxygen atoms in total. The summed E-state index contributed by atoms with van der Waals surface area (Å²) >= 11 is 0. The largest absolute Gasteiger partial charge is 0.490 e. The number of carbonyl (C=O) groups excluding carboxylic acids is 4. The summed E-state index contributed by atoms with van der Waals surface area (Å²) in [4.78, 5) is 54.1. The topological polar surface area (TPSA) is 187 Å². The summed E-state index contributed by atoms with van der Waals surface area (Å²) in [7, 11) is 1.20. The highest BCUT2D eigenvalue weighted by molar-refractivity contribution is 5.93. The highest BCUT2D eigenvalue weighted by Gasteiger charge is 2.29. The Morgan fingerprint density at radius 1 is 0.974 bits per heavy atom. The monoisotopic (exact) mass is 530 g/mol. The van der Waals surface area contributed by atoms with Gasteiger partial charge in [-0.3, -0.25) is 19.4 Å². The molecule has 3 amide bonds. The molecule has 0 unspecified atom stereocenters.